The third-order valence-corrected chi connectivity index (χ3v) is 4.27. The van der Waals surface area contributed by atoms with E-state index in [4.69, 9.17) is 4.74 Å². The molecule has 3 rings (SSSR count). The van der Waals surface area contributed by atoms with Crippen molar-refractivity contribution in [1.29, 1.82) is 0 Å². The Bertz CT molecular complexity index is 528. The lowest BCUT2D eigenvalue weighted by atomic mass is 9.93. The van der Waals surface area contributed by atoms with Crippen molar-refractivity contribution in [2.24, 2.45) is 5.92 Å². The van der Waals surface area contributed by atoms with Crippen LogP contribution in [0.4, 0.5) is 0 Å². The summed E-state index contributed by atoms with van der Waals surface area (Å²) in [5, 5.41) is 5.01. The maximum Gasteiger partial charge on any atom is 0.0469 e. The van der Waals surface area contributed by atoms with Gasteiger partial charge in [-0.3, -0.25) is 0 Å². The SMILES string of the molecule is CC(NCc1cccc2[nH]ccc12)C1CCOCC1. The first-order valence-corrected chi connectivity index (χ1v) is 7.21. The van der Waals surface area contributed by atoms with E-state index in [9.17, 15) is 0 Å². The van der Waals surface area contributed by atoms with E-state index < -0.39 is 0 Å². The summed E-state index contributed by atoms with van der Waals surface area (Å²) in [5.74, 6) is 0.749. The van der Waals surface area contributed by atoms with E-state index in [2.05, 4.69) is 41.5 Å². The third-order valence-electron chi connectivity index (χ3n) is 4.27. The fourth-order valence-electron chi connectivity index (χ4n) is 2.96. The van der Waals surface area contributed by atoms with E-state index in [0.717, 1.165) is 25.7 Å². The van der Waals surface area contributed by atoms with Crippen LogP contribution >= 0.6 is 0 Å². The lowest BCUT2D eigenvalue weighted by molar-refractivity contribution is 0.0558. The van der Waals surface area contributed by atoms with Crippen LogP contribution in [0.15, 0.2) is 30.5 Å². The van der Waals surface area contributed by atoms with Gasteiger partial charge >= 0.3 is 0 Å². The fourth-order valence-corrected chi connectivity index (χ4v) is 2.96. The topological polar surface area (TPSA) is 37.0 Å². The van der Waals surface area contributed by atoms with Crippen molar-refractivity contribution in [2.75, 3.05) is 13.2 Å². The summed E-state index contributed by atoms with van der Waals surface area (Å²) in [4.78, 5) is 3.27. The molecule has 1 aromatic carbocycles. The first kappa shape index (κ1) is 12.7. The molecule has 1 aliphatic heterocycles. The number of hydrogen-bond donors (Lipinski definition) is 2. The van der Waals surface area contributed by atoms with Gasteiger partial charge in [0.05, 0.1) is 0 Å². The zero-order chi connectivity index (χ0) is 13.1. The van der Waals surface area contributed by atoms with Crippen LogP contribution in [0.5, 0.6) is 0 Å². The Hall–Kier alpha value is -1.32. The van der Waals surface area contributed by atoms with Crippen molar-refractivity contribution < 1.29 is 4.74 Å². The molecule has 102 valence electrons. The average Bonchev–Trinajstić information content (AvgIpc) is 2.94. The van der Waals surface area contributed by atoms with Crippen molar-refractivity contribution in [3.05, 3.63) is 36.0 Å². The van der Waals surface area contributed by atoms with E-state index in [1.165, 1.54) is 29.3 Å². The molecule has 0 saturated carbocycles. The van der Waals surface area contributed by atoms with Crippen molar-refractivity contribution >= 4 is 10.9 Å². The Morgan fingerprint density at radius 3 is 3.00 bits per heavy atom. The maximum atomic E-state index is 5.43. The van der Waals surface area contributed by atoms with Gasteiger partial charge in [-0.1, -0.05) is 12.1 Å². The number of aromatic amines is 1. The van der Waals surface area contributed by atoms with Gasteiger partial charge in [0.25, 0.3) is 0 Å². The number of nitrogens with one attached hydrogen (secondary N) is 2. The zero-order valence-corrected chi connectivity index (χ0v) is 11.5. The summed E-state index contributed by atoms with van der Waals surface area (Å²) in [7, 11) is 0. The summed E-state index contributed by atoms with van der Waals surface area (Å²) in [6.45, 7) is 5.08. The predicted molar refractivity (Wildman–Crippen MR) is 78.1 cm³/mol. The number of hydrogen-bond acceptors (Lipinski definition) is 2. The van der Waals surface area contributed by atoms with E-state index in [1.807, 2.05) is 6.20 Å². The van der Waals surface area contributed by atoms with Gasteiger partial charge in [-0.25, -0.2) is 0 Å². The summed E-state index contributed by atoms with van der Waals surface area (Å²) < 4.78 is 5.43. The number of aromatic nitrogens is 1. The molecule has 0 amide bonds. The van der Waals surface area contributed by atoms with Crippen LogP contribution in [0.3, 0.4) is 0 Å². The summed E-state index contributed by atoms with van der Waals surface area (Å²) in [5.41, 5.74) is 2.59. The van der Waals surface area contributed by atoms with Crippen LogP contribution in [-0.4, -0.2) is 24.2 Å². The molecule has 1 aliphatic rings. The molecule has 0 spiro atoms. The Morgan fingerprint density at radius 2 is 2.16 bits per heavy atom. The van der Waals surface area contributed by atoms with Crippen LogP contribution in [0.2, 0.25) is 0 Å². The Balaban J connectivity index is 1.63. The highest BCUT2D eigenvalue weighted by Gasteiger charge is 2.19. The molecule has 1 saturated heterocycles. The normalized spacial score (nSPS) is 18.8. The molecule has 0 aliphatic carbocycles. The van der Waals surface area contributed by atoms with Crippen LogP contribution in [0, 0.1) is 5.92 Å². The molecule has 1 unspecified atom stereocenters. The van der Waals surface area contributed by atoms with Crippen molar-refractivity contribution in [3.63, 3.8) is 0 Å². The van der Waals surface area contributed by atoms with Gasteiger partial charge < -0.3 is 15.0 Å². The standard InChI is InChI=1S/C16H22N2O/c1-12(13-6-9-19-10-7-13)18-11-14-3-2-4-16-15(14)5-8-17-16/h2-5,8,12-13,17-18H,6-7,9-11H2,1H3. The van der Waals surface area contributed by atoms with Crippen LogP contribution in [0.1, 0.15) is 25.3 Å². The van der Waals surface area contributed by atoms with E-state index in [0.29, 0.717) is 6.04 Å². The molecule has 0 bridgehead atoms. The van der Waals surface area contributed by atoms with E-state index in [-0.39, 0.29) is 0 Å². The minimum absolute atomic E-state index is 0.554. The summed E-state index contributed by atoms with van der Waals surface area (Å²) >= 11 is 0. The Labute approximate surface area is 114 Å². The van der Waals surface area contributed by atoms with Gasteiger partial charge in [0.2, 0.25) is 0 Å². The Morgan fingerprint density at radius 1 is 1.32 bits per heavy atom. The molecule has 3 heteroatoms. The number of benzene rings is 1. The van der Waals surface area contributed by atoms with Gasteiger partial charge in [0.15, 0.2) is 0 Å². The largest absolute Gasteiger partial charge is 0.381 e. The highest BCUT2D eigenvalue weighted by molar-refractivity contribution is 5.82. The lowest BCUT2D eigenvalue weighted by Gasteiger charge is -2.28. The second-order valence-electron chi connectivity index (χ2n) is 5.48. The molecule has 3 nitrogen and oxygen atoms in total. The van der Waals surface area contributed by atoms with E-state index >= 15 is 0 Å². The summed E-state index contributed by atoms with van der Waals surface area (Å²) in [6.07, 6.45) is 4.38. The quantitative estimate of drug-likeness (QED) is 0.884. The van der Waals surface area contributed by atoms with Gasteiger partial charge in [-0.2, -0.15) is 0 Å². The molecule has 19 heavy (non-hydrogen) atoms. The molecule has 1 fully saturated rings. The molecule has 1 aromatic heterocycles. The number of fused-ring (bicyclic) bond motifs is 1. The number of H-pyrrole nitrogens is 1. The minimum Gasteiger partial charge on any atom is -0.381 e. The molecule has 1 atom stereocenters. The van der Waals surface area contributed by atoms with Crippen LogP contribution < -0.4 is 5.32 Å². The summed E-state index contributed by atoms with van der Waals surface area (Å²) in [6, 6.07) is 9.17. The average molecular weight is 258 g/mol. The van der Waals surface area contributed by atoms with Gasteiger partial charge in [-0.15, -0.1) is 0 Å². The minimum atomic E-state index is 0.554. The molecule has 2 aromatic rings. The van der Waals surface area contributed by atoms with E-state index in [1.54, 1.807) is 0 Å². The second kappa shape index (κ2) is 5.76. The van der Waals surface area contributed by atoms with Gasteiger partial charge in [0, 0.05) is 42.9 Å². The van der Waals surface area contributed by atoms with Crippen molar-refractivity contribution in [3.8, 4) is 0 Å². The molecular weight excluding hydrogens is 236 g/mol. The predicted octanol–water partition coefficient (Wildman–Crippen LogP) is 3.07. The highest BCUT2D eigenvalue weighted by atomic mass is 16.5. The first-order valence-electron chi connectivity index (χ1n) is 7.21. The van der Waals surface area contributed by atoms with Crippen molar-refractivity contribution in [1.82, 2.24) is 10.3 Å². The zero-order valence-electron chi connectivity index (χ0n) is 11.5. The van der Waals surface area contributed by atoms with Crippen LogP contribution in [-0.2, 0) is 11.3 Å². The number of ether oxygens (including phenoxy) is 1. The lowest BCUT2D eigenvalue weighted by Crippen LogP contribution is -2.36. The molecule has 2 N–H and O–H groups in total. The monoisotopic (exact) mass is 258 g/mol. The Kier molecular flexibility index (Phi) is 3.85. The fraction of sp³-hybridized carbons (Fsp3) is 0.500. The smallest absolute Gasteiger partial charge is 0.0469 e. The second-order valence-corrected chi connectivity index (χ2v) is 5.48. The molecule has 0 radical (unpaired) electrons. The van der Waals surface area contributed by atoms with Gasteiger partial charge in [0.1, 0.15) is 0 Å². The van der Waals surface area contributed by atoms with Crippen LogP contribution in [0.25, 0.3) is 10.9 Å². The first-order chi connectivity index (χ1) is 9.34. The molecular formula is C16H22N2O. The van der Waals surface area contributed by atoms with Crippen molar-refractivity contribution in [2.45, 2.75) is 32.4 Å². The highest BCUT2D eigenvalue weighted by Crippen LogP contribution is 2.20. The third kappa shape index (κ3) is 2.82. The maximum absolute atomic E-state index is 5.43. The number of rotatable bonds is 4. The molecule has 2 heterocycles. The van der Waals surface area contributed by atoms with Gasteiger partial charge in [-0.05, 0) is 43.4 Å².